The molecule has 0 saturated heterocycles. The Kier molecular flexibility index (Phi) is 7.27. The molecule has 1 heterocycles. The number of methoxy groups -OCH3 is 1. The van der Waals surface area contributed by atoms with Crippen LogP contribution in [0.25, 0.3) is 10.6 Å². The first-order valence-electron chi connectivity index (χ1n) is 10.1. The Bertz CT molecular complexity index is 1240. The summed E-state index contributed by atoms with van der Waals surface area (Å²) in [6, 6.07) is 11.8. The van der Waals surface area contributed by atoms with Crippen LogP contribution >= 0.6 is 22.9 Å². The zero-order valence-electron chi connectivity index (χ0n) is 18.5. The highest BCUT2D eigenvalue weighted by atomic mass is 35.5. The third-order valence-electron chi connectivity index (χ3n) is 5.03. The van der Waals surface area contributed by atoms with Crippen LogP contribution in [0, 0.1) is 6.92 Å². The van der Waals surface area contributed by atoms with E-state index in [2.05, 4.69) is 4.98 Å². The van der Waals surface area contributed by atoms with E-state index >= 15 is 0 Å². The second kappa shape index (κ2) is 9.60. The second-order valence-corrected chi connectivity index (χ2v) is 11.0. The number of esters is 1. The van der Waals surface area contributed by atoms with Crippen LogP contribution in [-0.4, -0.2) is 33.0 Å². The molecule has 0 aliphatic carbocycles. The van der Waals surface area contributed by atoms with E-state index in [9.17, 15) is 13.2 Å². The molecule has 0 radical (unpaired) electrons. The fourth-order valence-electron chi connectivity index (χ4n) is 3.38. The van der Waals surface area contributed by atoms with E-state index in [0.717, 1.165) is 16.0 Å². The summed E-state index contributed by atoms with van der Waals surface area (Å²) in [5, 5.41) is 1.32. The molecule has 0 spiro atoms. The first-order valence-corrected chi connectivity index (χ1v) is 12.7. The summed E-state index contributed by atoms with van der Waals surface area (Å²) < 4.78 is 33.3. The van der Waals surface area contributed by atoms with Gasteiger partial charge in [-0.15, -0.1) is 11.3 Å². The Morgan fingerprint density at radius 2 is 1.84 bits per heavy atom. The molecule has 0 aliphatic rings. The normalized spacial score (nSPS) is 11.6. The van der Waals surface area contributed by atoms with Crippen LogP contribution in [0.2, 0.25) is 5.02 Å². The van der Waals surface area contributed by atoms with E-state index in [1.54, 1.807) is 25.1 Å². The van der Waals surface area contributed by atoms with Gasteiger partial charge in [-0.1, -0.05) is 43.6 Å². The van der Waals surface area contributed by atoms with Crippen LogP contribution in [0.3, 0.4) is 0 Å². The number of anilines is 1. The molecule has 0 N–H and O–H groups in total. The fourth-order valence-corrected chi connectivity index (χ4v) is 6.00. The summed E-state index contributed by atoms with van der Waals surface area (Å²) in [6.45, 7) is 7.65. The van der Waals surface area contributed by atoms with Crippen LogP contribution in [0.5, 0.6) is 0 Å². The largest absolute Gasteiger partial charge is 0.465 e. The highest BCUT2D eigenvalue weighted by Crippen LogP contribution is 2.35. The summed E-state index contributed by atoms with van der Waals surface area (Å²) in [7, 11) is -2.68. The number of sulfonamides is 1. The zero-order valence-corrected chi connectivity index (χ0v) is 20.9. The number of rotatable bonds is 7. The van der Waals surface area contributed by atoms with Crippen molar-refractivity contribution in [2.45, 2.75) is 38.5 Å². The Morgan fingerprint density at radius 3 is 2.41 bits per heavy atom. The average Bonchev–Trinajstić information content (AvgIpc) is 3.14. The number of carbonyl (C=O) groups excluding carboxylic acids is 1. The Hall–Kier alpha value is -2.42. The zero-order chi connectivity index (χ0) is 23.6. The number of ether oxygens (including phenoxy) is 1. The van der Waals surface area contributed by atoms with Gasteiger partial charge in [-0.2, -0.15) is 0 Å². The standard InChI is InChI=1S/C23H25ClN2O4S2/c1-6-26(21-15(4)31-22(25-21)16-7-9-17(24)10-8-16)32(28,29)18-11-12-19(14(2)3)20(13-18)23(27)30-5/h7-14H,6H2,1-5H3. The van der Waals surface area contributed by atoms with Crippen LogP contribution in [0.4, 0.5) is 5.82 Å². The van der Waals surface area contributed by atoms with Gasteiger partial charge in [0.05, 0.1) is 17.6 Å². The summed E-state index contributed by atoms with van der Waals surface area (Å²) in [5.74, 6) is -0.162. The van der Waals surface area contributed by atoms with Gasteiger partial charge < -0.3 is 4.74 Å². The van der Waals surface area contributed by atoms with Crippen molar-refractivity contribution in [1.82, 2.24) is 4.98 Å². The predicted molar refractivity (Wildman–Crippen MR) is 129 cm³/mol. The van der Waals surface area contributed by atoms with Crippen molar-refractivity contribution >= 4 is 44.7 Å². The van der Waals surface area contributed by atoms with Crippen LogP contribution in [0.15, 0.2) is 47.4 Å². The second-order valence-electron chi connectivity index (χ2n) is 7.47. The van der Waals surface area contributed by atoms with E-state index in [4.69, 9.17) is 16.3 Å². The number of hydrogen-bond acceptors (Lipinski definition) is 6. The van der Waals surface area contributed by atoms with Crippen molar-refractivity contribution in [2.24, 2.45) is 0 Å². The first kappa shape index (κ1) is 24.2. The molecule has 0 unspecified atom stereocenters. The Morgan fingerprint density at radius 1 is 1.19 bits per heavy atom. The van der Waals surface area contributed by atoms with Gasteiger partial charge in [0.15, 0.2) is 5.82 Å². The van der Waals surface area contributed by atoms with Crippen molar-refractivity contribution in [1.29, 1.82) is 0 Å². The molecule has 0 amide bonds. The van der Waals surface area contributed by atoms with Gasteiger partial charge in [0, 0.05) is 22.0 Å². The van der Waals surface area contributed by atoms with Crippen molar-refractivity contribution < 1.29 is 17.9 Å². The van der Waals surface area contributed by atoms with E-state index < -0.39 is 16.0 Å². The maximum absolute atomic E-state index is 13.6. The fraction of sp³-hybridized carbons (Fsp3) is 0.304. The smallest absolute Gasteiger partial charge is 0.338 e. The summed E-state index contributed by atoms with van der Waals surface area (Å²) in [4.78, 5) is 17.7. The van der Waals surface area contributed by atoms with Gasteiger partial charge in [-0.05, 0) is 49.6 Å². The first-order chi connectivity index (χ1) is 15.1. The van der Waals surface area contributed by atoms with Gasteiger partial charge in [0.1, 0.15) is 5.01 Å². The number of aromatic nitrogens is 1. The van der Waals surface area contributed by atoms with E-state index in [0.29, 0.717) is 15.8 Å². The van der Waals surface area contributed by atoms with Crippen molar-refractivity contribution in [3.63, 3.8) is 0 Å². The Labute approximate surface area is 197 Å². The van der Waals surface area contributed by atoms with E-state index in [1.807, 2.05) is 32.9 Å². The number of thiazole rings is 1. The van der Waals surface area contributed by atoms with Gasteiger partial charge in [0.2, 0.25) is 0 Å². The number of hydrogen-bond donors (Lipinski definition) is 0. The summed E-state index contributed by atoms with van der Waals surface area (Å²) in [6.07, 6.45) is 0. The molecule has 2 aromatic carbocycles. The summed E-state index contributed by atoms with van der Waals surface area (Å²) >= 11 is 7.39. The lowest BCUT2D eigenvalue weighted by molar-refractivity contribution is 0.0598. The molecular formula is C23H25ClN2O4S2. The number of carbonyl (C=O) groups is 1. The highest BCUT2D eigenvalue weighted by Gasteiger charge is 2.29. The molecule has 170 valence electrons. The predicted octanol–water partition coefficient (Wildman–Crippen LogP) is 5.90. The molecule has 32 heavy (non-hydrogen) atoms. The van der Waals surface area contributed by atoms with Gasteiger partial charge in [-0.25, -0.2) is 22.5 Å². The molecule has 6 nitrogen and oxygen atoms in total. The molecule has 3 rings (SSSR count). The molecule has 3 aromatic rings. The average molecular weight is 493 g/mol. The third kappa shape index (κ3) is 4.67. The van der Waals surface area contributed by atoms with Crippen LogP contribution < -0.4 is 4.31 Å². The van der Waals surface area contributed by atoms with E-state index in [1.165, 1.54) is 34.9 Å². The van der Waals surface area contributed by atoms with Gasteiger partial charge in [-0.3, -0.25) is 0 Å². The summed E-state index contributed by atoms with van der Waals surface area (Å²) in [5.41, 5.74) is 1.83. The van der Waals surface area contributed by atoms with Gasteiger partial charge in [0.25, 0.3) is 10.0 Å². The highest BCUT2D eigenvalue weighted by molar-refractivity contribution is 7.92. The molecular weight excluding hydrogens is 468 g/mol. The monoisotopic (exact) mass is 492 g/mol. The SMILES string of the molecule is CCN(c1nc(-c2ccc(Cl)cc2)sc1C)S(=O)(=O)c1ccc(C(C)C)c(C(=O)OC)c1. The number of aryl methyl sites for hydroxylation is 1. The molecule has 0 saturated carbocycles. The third-order valence-corrected chi connectivity index (χ3v) is 8.15. The molecule has 0 aliphatic heterocycles. The quantitative estimate of drug-likeness (QED) is 0.384. The number of nitrogens with zero attached hydrogens (tertiary/aromatic N) is 2. The van der Waals surface area contributed by atoms with E-state index in [-0.39, 0.29) is 22.9 Å². The molecule has 9 heteroatoms. The lowest BCUT2D eigenvalue weighted by atomic mass is 9.97. The molecule has 0 atom stereocenters. The minimum atomic E-state index is -3.96. The minimum absolute atomic E-state index is 0.0181. The lowest BCUT2D eigenvalue weighted by Gasteiger charge is -2.22. The number of benzene rings is 2. The topological polar surface area (TPSA) is 76.6 Å². The molecule has 1 aromatic heterocycles. The van der Waals surface area contributed by atoms with Crippen LogP contribution in [0.1, 0.15) is 47.5 Å². The molecule has 0 bridgehead atoms. The maximum atomic E-state index is 13.6. The van der Waals surface area contributed by atoms with Crippen molar-refractivity contribution in [3.8, 4) is 10.6 Å². The van der Waals surface area contributed by atoms with Crippen LogP contribution in [-0.2, 0) is 14.8 Å². The van der Waals surface area contributed by atoms with Gasteiger partial charge >= 0.3 is 5.97 Å². The van der Waals surface area contributed by atoms with Crippen molar-refractivity contribution in [3.05, 3.63) is 63.5 Å². The lowest BCUT2D eigenvalue weighted by Crippen LogP contribution is -2.31. The minimum Gasteiger partial charge on any atom is -0.465 e. The van der Waals surface area contributed by atoms with Crippen molar-refractivity contribution in [2.75, 3.05) is 18.0 Å². The molecule has 0 fully saturated rings. The maximum Gasteiger partial charge on any atom is 0.338 e. The number of halogens is 1. The Balaban J connectivity index is 2.07.